The maximum Gasteiger partial charge on any atom is 0.408 e. The number of likely N-dealkylation sites (tertiary alicyclic amines) is 1. The Hall–Kier alpha value is -4.51. The number of fused-ring (bicyclic) bond motifs is 4. The summed E-state index contributed by atoms with van der Waals surface area (Å²) in [4.78, 5) is 78.3. The smallest absolute Gasteiger partial charge is 0.408 e. The number of sulfonamides is 1. The largest absolute Gasteiger partial charge is 0.444 e. The number of aromatic nitrogens is 1. The number of carbonyl (C=O) groups excluding carboxylic acids is 5. The topological polar surface area (TPSA) is 196 Å². The number of ether oxygens (including phenoxy) is 1. The molecule has 17 heteroatoms. The Morgan fingerprint density at radius 2 is 1.83 bits per heavy atom. The first-order valence-electron chi connectivity index (χ1n) is 20.4. The molecule has 0 spiro atoms. The van der Waals surface area contributed by atoms with Crippen molar-refractivity contribution in [1.29, 1.82) is 0 Å². The summed E-state index contributed by atoms with van der Waals surface area (Å²) in [6, 6.07) is 5.40. The lowest BCUT2D eigenvalue weighted by Gasteiger charge is -2.33. The van der Waals surface area contributed by atoms with Crippen LogP contribution in [-0.4, -0.2) is 107 Å². The van der Waals surface area contributed by atoms with E-state index < -0.39 is 74.1 Å². The second-order valence-corrected chi connectivity index (χ2v) is 20.5. The maximum absolute atomic E-state index is 14.7. The fourth-order valence-electron chi connectivity index (χ4n) is 8.40. The maximum atomic E-state index is 14.7. The normalized spacial score (nSPS) is 28.3. The van der Waals surface area contributed by atoms with E-state index in [0.29, 0.717) is 37.7 Å². The Kier molecular flexibility index (Phi) is 11.7. The van der Waals surface area contributed by atoms with Gasteiger partial charge >= 0.3 is 6.09 Å². The fraction of sp³-hybridized carbons (Fsp3) is 0.610. The number of carbonyl (C=O) groups is 5. The number of alkyl carbamates (subject to hydrolysis) is 1. The van der Waals surface area contributed by atoms with Gasteiger partial charge in [0.1, 0.15) is 23.2 Å². The molecule has 4 heterocycles. The van der Waals surface area contributed by atoms with Crippen LogP contribution in [0.15, 0.2) is 41.8 Å². The third kappa shape index (κ3) is 9.19. The Bertz CT molecular complexity index is 2080. The first kappa shape index (κ1) is 41.6. The molecule has 2 aliphatic carbocycles. The van der Waals surface area contributed by atoms with Gasteiger partial charge in [0, 0.05) is 59.9 Å². The van der Waals surface area contributed by atoms with Gasteiger partial charge in [-0.1, -0.05) is 37.1 Å². The van der Waals surface area contributed by atoms with Crippen LogP contribution in [0.2, 0.25) is 0 Å². The van der Waals surface area contributed by atoms with E-state index in [4.69, 9.17) is 4.74 Å². The number of nitrogens with one attached hydrogen (secondary N) is 4. The molecule has 3 aliphatic heterocycles. The molecule has 15 nitrogen and oxygen atoms in total. The molecule has 0 unspecified atom stereocenters. The summed E-state index contributed by atoms with van der Waals surface area (Å²) >= 11 is 1.49. The molecule has 2 saturated heterocycles. The van der Waals surface area contributed by atoms with Gasteiger partial charge in [-0.15, -0.1) is 11.3 Å². The van der Waals surface area contributed by atoms with E-state index in [1.54, 1.807) is 31.7 Å². The molecule has 5 amide bonds. The molecule has 0 radical (unpaired) electrons. The SMILES string of the molecule is CC(C)Nc1nc(-c2cccc(C(=O)N3C[C@H]4CN5C(=O)[C@@H](NC(=O)OC(C)(C)C)CCCCC/C=C\[C@H]6C[C@@]6(C(=O)NS(=O)(=O)C6CC6)NC(=O)[C@@H]5[C@H]4C3)c2)cs1. The number of hydrogen-bond donors (Lipinski definition) is 4. The second kappa shape index (κ2) is 16.3. The van der Waals surface area contributed by atoms with Gasteiger partial charge in [-0.05, 0) is 85.3 Å². The quantitative estimate of drug-likeness (QED) is 0.276. The van der Waals surface area contributed by atoms with Gasteiger partial charge in [-0.25, -0.2) is 18.2 Å². The zero-order valence-corrected chi connectivity index (χ0v) is 35.4. The van der Waals surface area contributed by atoms with Gasteiger partial charge in [-0.2, -0.15) is 0 Å². The molecule has 2 saturated carbocycles. The molecule has 2 aromatic rings. The van der Waals surface area contributed by atoms with Crippen LogP contribution in [-0.2, 0) is 29.1 Å². The van der Waals surface area contributed by atoms with Crippen LogP contribution < -0.4 is 20.7 Å². The second-order valence-electron chi connectivity index (χ2n) is 17.7. The predicted molar refractivity (Wildman–Crippen MR) is 219 cm³/mol. The van der Waals surface area contributed by atoms with Crippen LogP contribution in [0.3, 0.4) is 0 Å². The molecular formula is C41H55N7O8S2. The van der Waals surface area contributed by atoms with E-state index in [1.165, 1.54) is 16.2 Å². The minimum absolute atomic E-state index is 0.140. The van der Waals surface area contributed by atoms with Crippen molar-refractivity contribution in [3.63, 3.8) is 0 Å². The standard InChI is InChI=1S/C41H55N7O8S2/c1-24(2)42-38-43-32(23-57-38)25-12-11-13-26(18-25)35(50)47-20-27-21-48-33(30(27)22-47)34(49)45-41(37(52)46-58(54,55)29-16-17-29)19-28(41)14-9-7-6-8-10-15-31(36(48)51)44-39(53)56-40(3,4)5/h9,11-14,18,23-24,27-31,33H,6-8,10,15-17,19-22H2,1-5H3,(H,42,43)(H,44,53)(H,45,49)(H,46,52)/b14-9-/t27-,28-,30-,31-,33-,41+/m0/s1. The number of rotatable bonds is 8. The van der Waals surface area contributed by atoms with Crippen molar-refractivity contribution in [3.8, 4) is 11.3 Å². The van der Waals surface area contributed by atoms with Crippen molar-refractivity contribution >= 4 is 56.2 Å². The average molecular weight is 838 g/mol. The van der Waals surface area contributed by atoms with Crippen LogP contribution >= 0.6 is 11.3 Å². The van der Waals surface area contributed by atoms with Gasteiger partial charge in [0.25, 0.3) is 11.8 Å². The van der Waals surface area contributed by atoms with Crippen molar-refractivity contribution in [2.45, 2.75) is 121 Å². The van der Waals surface area contributed by atoms with Crippen LogP contribution in [0.25, 0.3) is 11.3 Å². The molecule has 0 bridgehead atoms. The van der Waals surface area contributed by atoms with Gasteiger partial charge in [0.2, 0.25) is 21.8 Å². The molecule has 1 aromatic carbocycles. The highest BCUT2D eigenvalue weighted by Gasteiger charge is 2.63. The minimum Gasteiger partial charge on any atom is -0.444 e. The Morgan fingerprint density at radius 1 is 1.05 bits per heavy atom. The van der Waals surface area contributed by atoms with Crippen LogP contribution in [0.5, 0.6) is 0 Å². The summed E-state index contributed by atoms with van der Waals surface area (Å²) in [6.45, 7) is 9.85. The number of allylic oxidation sites excluding steroid dienone is 1. The summed E-state index contributed by atoms with van der Waals surface area (Å²) in [5.41, 5.74) is -0.331. The Balaban J connectivity index is 1.16. The summed E-state index contributed by atoms with van der Waals surface area (Å²) in [5, 5.41) is 11.1. The molecule has 7 rings (SSSR count). The molecule has 4 fully saturated rings. The molecule has 314 valence electrons. The number of hydrogen-bond acceptors (Lipinski definition) is 11. The Morgan fingerprint density at radius 3 is 2.55 bits per heavy atom. The lowest BCUT2D eigenvalue weighted by Crippen LogP contribution is -2.60. The van der Waals surface area contributed by atoms with E-state index in [2.05, 4.69) is 25.7 Å². The van der Waals surface area contributed by atoms with E-state index in [-0.39, 0.29) is 43.9 Å². The molecular weight excluding hydrogens is 783 g/mol. The predicted octanol–water partition coefficient (Wildman–Crippen LogP) is 4.43. The minimum atomic E-state index is -3.91. The Labute approximate surface area is 344 Å². The number of amides is 5. The van der Waals surface area contributed by atoms with Crippen molar-refractivity contribution in [3.05, 3.63) is 47.4 Å². The highest BCUT2D eigenvalue weighted by molar-refractivity contribution is 7.91. The lowest BCUT2D eigenvalue weighted by atomic mass is 9.93. The first-order chi connectivity index (χ1) is 27.4. The van der Waals surface area contributed by atoms with Crippen molar-refractivity contribution < 1.29 is 37.1 Å². The molecule has 58 heavy (non-hydrogen) atoms. The summed E-state index contributed by atoms with van der Waals surface area (Å²) in [7, 11) is -3.91. The number of benzene rings is 1. The fourth-order valence-corrected chi connectivity index (χ4v) is 10.6. The number of anilines is 1. The van der Waals surface area contributed by atoms with Gasteiger partial charge in [-0.3, -0.25) is 23.9 Å². The van der Waals surface area contributed by atoms with Crippen LogP contribution in [0, 0.1) is 17.8 Å². The third-order valence-corrected chi connectivity index (χ3v) is 14.1. The van der Waals surface area contributed by atoms with E-state index in [1.807, 2.05) is 49.6 Å². The molecule has 6 atom stereocenters. The third-order valence-electron chi connectivity index (χ3n) is 11.5. The number of thiazole rings is 1. The van der Waals surface area contributed by atoms with Gasteiger partial charge in [0.05, 0.1) is 10.9 Å². The van der Waals surface area contributed by atoms with Gasteiger partial charge < -0.3 is 30.5 Å². The van der Waals surface area contributed by atoms with E-state index >= 15 is 0 Å². The summed E-state index contributed by atoms with van der Waals surface area (Å²) in [5.74, 6) is -3.30. The zero-order chi connectivity index (χ0) is 41.6. The highest BCUT2D eigenvalue weighted by Crippen LogP contribution is 2.47. The highest BCUT2D eigenvalue weighted by atomic mass is 32.2. The number of nitrogens with zero attached hydrogens (tertiary/aromatic N) is 3. The van der Waals surface area contributed by atoms with Crippen LogP contribution in [0.4, 0.5) is 9.93 Å². The average Bonchev–Trinajstić information content (AvgIpc) is 3.98. The first-order valence-corrected chi connectivity index (χ1v) is 22.8. The summed E-state index contributed by atoms with van der Waals surface area (Å²) in [6.07, 6.45) is 7.41. The lowest BCUT2D eigenvalue weighted by molar-refractivity contribution is -0.142. The molecule has 1 aromatic heterocycles. The van der Waals surface area contributed by atoms with Crippen molar-refractivity contribution in [2.24, 2.45) is 17.8 Å². The van der Waals surface area contributed by atoms with Crippen molar-refractivity contribution in [1.82, 2.24) is 30.1 Å². The van der Waals surface area contributed by atoms with Crippen LogP contribution in [0.1, 0.15) is 96.3 Å². The van der Waals surface area contributed by atoms with Crippen molar-refractivity contribution in [2.75, 3.05) is 25.0 Å². The molecule has 5 aliphatic rings. The zero-order valence-electron chi connectivity index (χ0n) is 33.8. The van der Waals surface area contributed by atoms with Gasteiger partial charge in [0.15, 0.2) is 5.13 Å². The van der Waals surface area contributed by atoms with E-state index in [0.717, 1.165) is 29.2 Å². The molecule has 4 N–H and O–H groups in total. The summed E-state index contributed by atoms with van der Waals surface area (Å²) < 4.78 is 33.6. The monoisotopic (exact) mass is 837 g/mol. The van der Waals surface area contributed by atoms with E-state index in [9.17, 15) is 32.4 Å².